The van der Waals surface area contributed by atoms with Gasteiger partial charge in [0, 0.05) is 31.0 Å². The number of hydrogen-bond acceptors (Lipinski definition) is 4. The zero-order valence-corrected chi connectivity index (χ0v) is 11.9. The molecule has 0 bridgehead atoms. The minimum absolute atomic E-state index is 0.0370. The van der Waals surface area contributed by atoms with E-state index in [1.54, 1.807) is 18.6 Å². The van der Waals surface area contributed by atoms with E-state index in [9.17, 15) is 4.79 Å². The lowest BCUT2D eigenvalue weighted by Crippen LogP contribution is -2.48. The van der Waals surface area contributed by atoms with E-state index in [-0.39, 0.29) is 17.4 Å². The van der Waals surface area contributed by atoms with Crippen molar-refractivity contribution >= 4 is 11.7 Å². The number of carbonyl (C=O) groups excluding carboxylic acids is 1. The fraction of sp³-hybridized carbons (Fsp3) is 0.643. The fourth-order valence-electron chi connectivity index (χ4n) is 2.33. The number of anilines is 1. The Morgan fingerprint density at radius 2 is 2.21 bits per heavy atom. The summed E-state index contributed by atoms with van der Waals surface area (Å²) in [6, 6.07) is 0. The lowest BCUT2D eigenvalue weighted by molar-refractivity contribution is -0.126. The Labute approximate surface area is 114 Å². The van der Waals surface area contributed by atoms with E-state index in [4.69, 9.17) is 0 Å². The second-order valence-corrected chi connectivity index (χ2v) is 6.09. The minimum Gasteiger partial charge on any atom is -0.355 e. The number of nitrogens with zero attached hydrogens (tertiary/aromatic N) is 3. The van der Waals surface area contributed by atoms with Crippen LogP contribution < -0.4 is 10.2 Å². The summed E-state index contributed by atoms with van der Waals surface area (Å²) in [6.45, 7) is 7.69. The van der Waals surface area contributed by atoms with Crippen LogP contribution in [0.3, 0.4) is 0 Å². The van der Waals surface area contributed by atoms with Gasteiger partial charge < -0.3 is 10.2 Å². The zero-order valence-electron chi connectivity index (χ0n) is 11.9. The molecule has 19 heavy (non-hydrogen) atoms. The molecule has 1 aromatic heterocycles. The maximum atomic E-state index is 12.2. The standard InChI is InChI=1S/C14H22N4O/c1-14(2,3)17-13(19)11-5-4-8-18(10-11)12-9-15-6-7-16-12/h6-7,9,11H,4-5,8,10H2,1-3H3,(H,17,19). The van der Waals surface area contributed by atoms with E-state index >= 15 is 0 Å². The largest absolute Gasteiger partial charge is 0.355 e. The van der Waals surface area contributed by atoms with Crippen molar-refractivity contribution in [3.63, 3.8) is 0 Å². The third-order valence-electron chi connectivity index (χ3n) is 3.16. The van der Waals surface area contributed by atoms with Crippen molar-refractivity contribution in [2.45, 2.75) is 39.2 Å². The molecule has 1 unspecified atom stereocenters. The van der Waals surface area contributed by atoms with E-state index in [0.717, 1.165) is 31.7 Å². The van der Waals surface area contributed by atoms with Gasteiger partial charge in [0.05, 0.1) is 12.1 Å². The van der Waals surface area contributed by atoms with Gasteiger partial charge in [-0.2, -0.15) is 0 Å². The molecule has 1 fully saturated rings. The number of carbonyl (C=O) groups is 1. The Balaban J connectivity index is 2.00. The average Bonchev–Trinajstić information content (AvgIpc) is 2.38. The normalized spacial score (nSPS) is 20.2. The summed E-state index contributed by atoms with van der Waals surface area (Å²) in [7, 11) is 0. The molecule has 0 aliphatic carbocycles. The minimum atomic E-state index is -0.175. The Kier molecular flexibility index (Phi) is 4.02. The first-order chi connectivity index (χ1) is 8.96. The molecule has 1 saturated heterocycles. The van der Waals surface area contributed by atoms with Crippen molar-refractivity contribution in [3.8, 4) is 0 Å². The van der Waals surface area contributed by atoms with Gasteiger partial charge in [0.15, 0.2) is 0 Å². The van der Waals surface area contributed by atoms with Gasteiger partial charge in [-0.3, -0.25) is 9.78 Å². The third-order valence-corrected chi connectivity index (χ3v) is 3.16. The Hall–Kier alpha value is -1.65. The van der Waals surface area contributed by atoms with Crippen LogP contribution in [0.25, 0.3) is 0 Å². The van der Waals surface area contributed by atoms with Gasteiger partial charge in [0.25, 0.3) is 0 Å². The predicted molar refractivity (Wildman–Crippen MR) is 74.9 cm³/mol. The van der Waals surface area contributed by atoms with Crippen molar-refractivity contribution in [2.24, 2.45) is 5.92 Å². The summed E-state index contributed by atoms with van der Waals surface area (Å²) in [5, 5.41) is 3.06. The third kappa shape index (κ3) is 3.91. The van der Waals surface area contributed by atoms with Gasteiger partial charge in [-0.15, -0.1) is 0 Å². The molecule has 1 aliphatic heterocycles. The average molecular weight is 262 g/mol. The molecule has 1 N–H and O–H groups in total. The lowest BCUT2D eigenvalue weighted by atomic mass is 9.95. The maximum Gasteiger partial charge on any atom is 0.225 e. The fourth-order valence-corrected chi connectivity index (χ4v) is 2.33. The molecule has 1 atom stereocenters. The quantitative estimate of drug-likeness (QED) is 0.879. The highest BCUT2D eigenvalue weighted by molar-refractivity contribution is 5.80. The van der Waals surface area contributed by atoms with Crippen LogP contribution in [0.5, 0.6) is 0 Å². The Bertz CT molecular complexity index is 427. The second-order valence-electron chi connectivity index (χ2n) is 6.09. The van der Waals surface area contributed by atoms with Gasteiger partial charge in [-0.05, 0) is 33.6 Å². The highest BCUT2D eigenvalue weighted by Gasteiger charge is 2.28. The number of hydrogen-bond donors (Lipinski definition) is 1. The monoisotopic (exact) mass is 262 g/mol. The number of nitrogens with one attached hydrogen (secondary N) is 1. The van der Waals surface area contributed by atoms with Crippen LogP contribution in [0.4, 0.5) is 5.82 Å². The Morgan fingerprint density at radius 3 is 2.84 bits per heavy atom. The summed E-state index contributed by atoms with van der Waals surface area (Å²) in [4.78, 5) is 22.7. The molecule has 5 nitrogen and oxygen atoms in total. The molecule has 0 spiro atoms. The van der Waals surface area contributed by atoms with Crippen LogP contribution in [0.1, 0.15) is 33.6 Å². The first kappa shape index (κ1) is 13.8. The number of amides is 1. The van der Waals surface area contributed by atoms with E-state index in [2.05, 4.69) is 20.2 Å². The number of piperidine rings is 1. The first-order valence-electron chi connectivity index (χ1n) is 6.79. The van der Waals surface area contributed by atoms with Crippen LogP contribution in [-0.2, 0) is 4.79 Å². The SMILES string of the molecule is CC(C)(C)NC(=O)C1CCCN(c2cnccn2)C1. The molecule has 0 aromatic carbocycles. The summed E-state index contributed by atoms with van der Waals surface area (Å²) >= 11 is 0. The summed E-state index contributed by atoms with van der Waals surface area (Å²) < 4.78 is 0. The first-order valence-corrected chi connectivity index (χ1v) is 6.79. The maximum absolute atomic E-state index is 12.2. The zero-order chi connectivity index (χ0) is 13.9. The highest BCUT2D eigenvalue weighted by Crippen LogP contribution is 2.21. The van der Waals surface area contributed by atoms with E-state index < -0.39 is 0 Å². The molecular weight excluding hydrogens is 240 g/mol. The van der Waals surface area contributed by atoms with Crippen molar-refractivity contribution in [1.29, 1.82) is 0 Å². The molecule has 2 rings (SSSR count). The lowest BCUT2D eigenvalue weighted by Gasteiger charge is -2.34. The Morgan fingerprint density at radius 1 is 1.42 bits per heavy atom. The molecule has 1 aliphatic rings. The molecule has 0 radical (unpaired) electrons. The summed E-state index contributed by atoms with van der Waals surface area (Å²) in [5.41, 5.74) is -0.175. The van der Waals surface area contributed by atoms with Crippen molar-refractivity contribution < 1.29 is 4.79 Å². The number of rotatable bonds is 2. The molecule has 1 amide bonds. The van der Waals surface area contributed by atoms with Gasteiger partial charge in [-0.25, -0.2) is 4.98 Å². The number of aromatic nitrogens is 2. The molecule has 104 valence electrons. The molecule has 0 saturated carbocycles. The van der Waals surface area contributed by atoms with Crippen molar-refractivity contribution in [2.75, 3.05) is 18.0 Å². The molecular formula is C14H22N4O. The van der Waals surface area contributed by atoms with Gasteiger partial charge in [0.2, 0.25) is 5.91 Å². The van der Waals surface area contributed by atoms with E-state index in [0.29, 0.717) is 0 Å². The van der Waals surface area contributed by atoms with E-state index in [1.165, 1.54) is 0 Å². The van der Waals surface area contributed by atoms with Gasteiger partial charge >= 0.3 is 0 Å². The van der Waals surface area contributed by atoms with Gasteiger partial charge in [-0.1, -0.05) is 0 Å². The predicted octanol–water partition coefficient (Wildman–Crippen LogP) is 1.61. The van der Waals surface area contributed by atoms with E-state index in [1.807, 2.05) is 20.8 Å². The van der Waals surface area contributed by atoms with Crippen LogP contribution in [0.2, 0.25) is 0 Å². The van der Waals surface area contributed by atoms with Crippen molar-refractivity contribution in [1.82, 2.24) is 15.3 Å². The molecule has 2 heterocycles. The summed E-state index contributed by atoms with van der Waals surface area (Å²) in [6.07, 6.45) is 7.06. The highest BCUT2D eigenvalue weighted by atomic mass is 16.2. The molecule has 5 heteroatoms. The topological polar surface area (TPSA) is 58.1 Å². The van der Waals surface area contributed by atoms with Crippen LogP contribution in [0, 0.1) is 5.92 Å². The van der Waals surface area contributed by atoms with Crippen LogP contribution in [-0.4, -0.2) is 34.5 Å². The van der Waals surface area contributed by atoms with Crippen molar-refractivity contribution in [3.05, 3.63) is 18.6 Å². The smallest absolute Gasteiger partial charge is 0.225 e. The second kappa shape index (κ2) is 5.55. The van der Waals surface area contributed by atoms with Crippen LogP contribution >= 0.6 is 0 Å². The van der Waals surface area contributed by atoms with Gasteiger partial charge in [0.1, 0.15) is 5.82 Å². The molecule has 1 aromatic rings. The summed E-state index contributed by atoms with van der Waals surface area (Å²) in [5.74, 6) is 1.03. The van der Waals surface area contributed by atoms with Crippen LogP contribution in [0.15, 0.2) is 18.6 Å².